The van der Waals surface area contributed by atoms with Gasteiger partial charge in [0.25, 0.3) is 5.91 Å². The normalized spacial score (nSPS) is 28.1. The number of carbonyl (C=O) groups is 1. The predicted molar refractivity (Wildman–Crippen MR) is 78.3 cm³/mol. The van der Waals surface area contributed by atoms with E-state index in [0.717, 1.165) is 39.1 Å². The number of nitrogens with zero attached hydrogens (tertiary/aromatic N) is 1. The molecule has 3 aliphatic heterocycles. The zero-order valence-corrected chi connectivity index (χ0v) is 12.7. The highest BCUT2D eigenvalue weighted by Gasteiger charge is 2.41. The van der Waals surface area contributed by atoms with E-state index < -0.39 is 0 Å². The van der Waals surface area contributed by atoms with E-state index in [4.69, 9.17) is 14.2 Å². The Morgan fingerprint density at radius 3 is 3.00 bits per heavy atom. The SMILES string of the molecule is O=C(c1scc2c1OCCO2)N1CCCC2(CCOC2)C1. The van der Waals surface area contributed by atoms with E-state index in [1.165, 1.54) is 17.8 Å². The molecule has 0 aromatic carbocycles. The molecule has 114 valence electrons. The third-order valence-electron chi connectivity index (χ3n) is 4.63. The van der Waals surface area contributed by atoms with Gasteiger partial charge in [-0.25, -0.2) is 0 Å². The fourth-order valence-corrected chi connectivity index (χ4v) is 4.40. The van der Waals surface area contributed by atoms with E-state index in [0.29, 0.717) is 29.6 Å². The molecule has 1 aromatic rings. The van der Waals surface area contributed by atoms with Gasteiger partial charge in [-0.05, 0) is 19.3 Å². The Morgan fingerprint density at radius 2 is 2.14 bits per heavy atom. The highest BCUT2D eigenvalue weighted by atomic mass is 32.1. The first-order chi connectivity index (χ1) is 10.3. The van der Waals surface area contributed by atoms with Crippen molar-refractivity contribution in [2.24, 2.45) is 5.41 Å². The van der Waals surface area contributed by atoms with Crippen molar-refractivity contribution in [3.05, 3.63) is 10.3 Å². The summed E-state index contributed by atoms with van der Waals surface area (Å²) in [5.41, 5.74) is 0.183. The Kier molecular flexibility index (Phi) is 3.30. The fraction of sp³-hybridized carbons (Fsp3) is 0.667. The molecule has 6 heteroatoms. The van der Waals surface area contributed by atoms with E-state index in [1.54, 1.807) is 0 Å². The molecule has 5 nitrogen and oxygen atoms in total. The number of amides is 1. The first-order valence-corrected chi connectivity index (χ1v) is 8.40. The summed E-state index contributed by atoms with van der Waals surface area (Å²) in [5, 5.41) is 1.88. The van der Waals surface area contributed by atoms with E-state index >= 15 is 0 Å². The monoisotopic (exact) mass is 309 g/mol. The fourth-order valence-electron chi connectivity index (χ4n) is 3.51. The Hall–Kier alpha value is -1.27. The lowest BCUT2D eigenvalue weighted by Gasteiger charge is -2.39. The molecule has 2 fully saturated rings. The van der Waals surface area contributed by atoms with Crippen LogP contribution in [-0.2, 0) is 4.74 Å². The lowest BCUT2D eigenvalue weighted by molar-refractivity contribution is 0.0461. The van der Waals surface area contributed by atoms with Gasteiger partial charge < -0.3 is 19.1 Å². The van der Waals surface area contributed by atoms with Crippen molar-refractivity contribution in [2.75, 3.05) is 39.5 Å². The van der Waals surface area contributed by atoms with Crippen LogP contribution in [0.5, 0.6) is 11.5 Å². The second kappa shape index (κ2) is 5.18. The molecule has 3 aliphatic rings. The van der Waals surface area contributed by atoms with Crippen LogP contribution in [0.1, 0.15) is 28.9 Å². The maximum Gasteiger partial charge on any atom is 0.267 e. The molecular weight excluding hydrogens is 290 g/mol. The van der Waals surface area contributed by atoms with Crippen molar-refractivity contribution >= 4 is 17.2 Å². The number of ether oxygens (including phenoxy) is 3. The lowest BCUT2D eigenvalue weighted by atomic mass is 9.79. The summed E-state index contributed by atoms with van der Waals surface area (Å²) in [6.45, 7) is 4.32. The van der Waals surface area contributed by atoms with Crippen molar-refractivity contribution in [2.45, 2.75) is 19.3 Å². The van der Waals surface area contributed by atoms with Crippen molar-refractivity contribution < 1.29 is 19.0 Å². The maximum atomic E-state index is 12.8. The van der Waals surface area contributed by atoms with Gasteiger partial charge >= 0.3 is 0 Å². The average Bonchev–Trinajstić information content (AvgIpc) is 3.14. The first-order valence-electron chi connectivity index (χ1n) is 7.52. The lowest BCUT2D eigenvalue weighted by Crippen LogP contribution is -2.46. The van der Waals surface area contributed by atoms with Crippen molar-refractivity contribution in [1.82, 2.24) is 4.90 Å². The summed E-state index contributed by atoms with van der Waals surface area (Å²) in [6.07, 6.45) is 3.29. The molecule has 1 amide bonds. The number of hydrogen-bond donors (Lipinski definition) is 0. The first kappa shape index (κ1) is 13.4. The predicted octanol–water partition coefficient (Wildman–Crippen LogP) is 2.16. The Balaban J connectivity index is 1.55. The molecule has 1 unspecified atom stereocenters. The number of likely N-dealkylation sites (tertiary alicyclic amines) is 1. The Labute approximate surface area is 127 Å². The minimum Gasteiger partial charge on any atom is -0.485 e. The number of piperidine rings is 1. The summed E-state index contributed by atoms with van der Waals surface area (Å²) in [4.78, 5) is 15.5. The van der Waals surface area contributed by atoms with Gasteiger partial charge in [0, 0.05) is 30.5 Å². The van der Waals surface area contributed by atoms with Gasteiger partial charge in [-0.3, -0.25) is 4.79 Å². The molecule has 0 radical (unpaired) electrons. The molecule has 21 heavy (non-hydrogen) atoms. The zero-order valence-electron chi connectivity index (χ0n) is 11.9. The molecular formula is C15H19NO4S. The summed E-state index contributed by atoms with van der Waals surface area (Å²) in [6, 6.07) is 0. The zero-order chi connectivity index (χ0) is 14.3. The Morgan fingerprint density at radius 1 is 1.24 bits per heavy atom. The van der Waals surface area contributed by atoms with Crippen LogP contribution in [0.3, 0.4) is 0 Å². The van der Waals surface area contributed by atoms with E-state index in [-0.39, 0.29) is 11.3 Å². The molecule has 4 heterocycles. The number of rotatable bonds is 1. The summed E-state index contributed by atoms with van der Waals surface area (Å²) in [7, 11) is 0. The van der Waals surface area contributed by atoms with Crippen LogP contribution in [0.15, 0.2) is 5.38 Å². The number of hydrogen-bond acceptors (Lipinski definition) is 5. The van der Waals surface area contributed by atoms with Crippen LogP contribution in [0, 0.1) is 5.41 Å². The largest absolute Gasteiger partial charge is 0.485 e. The molecule has 0 aliphatic carbocycles. The van der Waals surface area contributed by atoms with Crippen LogP contribution >= 0.6 is 11.3 Å². The van der Waals surface area contributed by atoms with Gasteiger partial charge in [0.15, 0.2) is 11.5 Å². The van der Waals surface area contributed by atoms with Crippen LogP contribution in [0.2, 0.25) is 0 Å². The molecule has 2 saturated heterocycles. The second-order valence-electron chi connectivity index (χ2n) is 6.09. The van der Waals surface area contributed by atoms with E-state index in [9.17, 15) is 4.79 Å². The molecule has 0 N–H and O–H groups in total. The Bertz CT molecular complexity index is 550. The quantitative estimate of drug-likeness (QED) is 0.797. The molecule has 1 spiro atoms. The van der Waals surface area contributed by atoms with Gasteiger partial charge in [0.05, 0.1) is 6.61 Å². The van der Waals surface area contributed by atoms with Crippen LogP contribution in [0.25, 0.3) is 0 Å². The van der Waals surface area contributed by atoms with E-state index in [1.807, 2.05) is 10.3 Å². The molecule has 1 aromatic heterocycles. The molecule has 1 atom stereocenters. The number of carbonyl (C=O) groups excluding carboxylic acids is 1. The minimum atomic E-state index is 0.0812. The second-order valence-corrected chi connectivity index (χ2v) is 6.97. The van der Waals surface area contributed by atoms with Crippen LogP contribution in [0.4, 0.5) is 0 Å². The third kappa shape index (κ3) is 2.30. The van der Waals surface area contributed by atoms with Gasteiger partial charge in [-0.2, -0.15) is 0 Å². The van der Waals surface area contributed by atoms with Crippen molar-refractivity contribution in [3.63, 3.8) is 0 Å². The van der Waals surface area contributed by atoms with Crippen LogP contribution < -0.4 is 9.47 Å². The third-order valence-corrected chi connectivity index (χ3v) is 5.56. The molecule has 4 rings (SSSR count). The number of fused-ring (bicyclic) bond motifs is 1. The minimum absolute atomic E-state index is 0.0812. The van der Waals surface area contributed by atoms with Crippen molar-refractivity contribution in [1.29, 1.82) is 0 Å². The summed E-state index contributed by atoms with van der Waals surface area (Å²) >= 11 is 1.43. The molecule has 0 bridgehead atoms. The maximum absolute atomic E-state index is 12.8. The van der Waals surface area contributed by atoms with Crippen molar-refractivity contribution in [3.8, 4) is 11.5 Å². The van der Waals surface area contributed by atoms with E-state index in [2.05, 4.69) is 0 Å². The van der Waals surface area contributed by atoms with Gasteiger partial charge in [-0.15, -0.1) is 11.3 Å². The van der Waals surface area contributed by atoms with Gasteiger partial charge in [0.1, 0.15) is 18.1 Å². The van der Waals surface area contributed by atoms with Gasteiger partial charge in [0.2, 0.25) is 0 Å². The summed E-state index contributed by atoms with van der Waals surface area (Å²) < 4.78 is 16.7. The number of thiophene rings is 1. The van der Waals surface area contributed by atoms with Gasteiger partial charge in [-0.1, -0.05) is 0 Å². The average molecular weight is 309 g/mol. The van der Waals surface area contributed by atoms with Crippen LogP contribution in [-0.4, -0.2) is 50.3 Å². The summed E-state index contributed by atoms with van der Waals surface area (Å²) in [5.74, 6) is 1.43. The smallest absolute Gasteiger partial charge is 0.267 e. The highest BCUT2D eigenvalue weighted by Crippen LogP contribution is 2.42. The molecule has 0 saturated carbocycles. The standard InChI is InChI=1S/C15H19NO4S/c17-14(13-12-11(8-21-13)19-6-7-20-12)16-4-1-2-15(9-16)3-5-18-10-15/h8H,1-7,9-10H2. The topological polar surface area (TPSA) is 48.0 Å². The highest BCUT2D eigenvalue weighted by molar-refractivity contribution is 7.12.